The molecule has 0 unspecified atom stereocenters. The maximum atomic E-state index is 12.9. The summed E-state index contributed by atoms with van der Waals surface area (Å²) >= 11 is 0. The SMILES string of the molecule is CC(=O)O[C@H](C)CCCCn1c(=O)c2c(C)cc(OS(=O)(=O)C(F)(F)F)nc2n(C)c1=O. The molecule has 0 bridgehead atoms. The third-order valence-electron chi connectivity index (χ3n) is 4.56. The van der Waals surface area contributed by atoms with Gasteiger partial charge in [0.15, 0.2) is 5.65 Å². The van der Waals surface area contributed by atoms with Crippen LogP contribution in [-0.4, -0.2) is 40.1 Å². The monoisotopic (exact) mass is 481 g/mol. The van der Waals surface area contributed by atoms with Gasteiger partial charge in [-0.05, 0) is 38.7 Å². The second kappa shape index (κ2) is 9.30. The van der Waals surface area contributed by atoms with Crippen LogP contribution in [0.1, 0.15) is 38.7 Å². The Kier molecular flexibility index (Phi) is 7.37. The molecule has 178 valence electrons. The van der Waals surface area contributed by atoms with Crippen molar-refractivity contribution in [3.05, 3.63) is 32.5 Å². The fourth-order valence-corrected chi connectivity index (χ4v) is 3.47. The molecule has 0 amide bonds. The highest BCUT2D eigenvalue weighted by Gasteiger charge is 2.49. The zero-order valence-corrected chi connectivity index (χ0v) is 18.5. The van der Waals surface area contributed by atoms with Crippen molar-refractivity contribution < 1.29 is 35.3 Å². The highest BCUT2D eigenvalue weighted by molar-refractivity contribution is 7.87. The van der Waals surface area contributed by atoms with E-state index in [1.54, 1.807) is 6.92 Å². The van der Waals surface area contributed by atoms with Crippen molar-refractivity contribution in [2.75, 3.05) is 0 Å². The van der Waals surface area contributed by atoms with Crippen LogP contribution >= 0.6 is 0 Å². The molecule has 0 aliphatic rings. The molecule has 14 heteroatoms. The topological polar surface area (TPSA) is 127 Å². The van der Waals surface area contributed by atoms with Gasteiger partial charge in [0.1, 0.15) is 0 Å². The first kappa shape index (κ1) is 25.4. The number of hydrogen-bond acceptors (Lipinski definition) is 8. The molecule has 0 saturated carbocycles. The van der Waals surface area contributed by atoms with Gasteiger partial charge < -0.3 is 8.92 Å². The van der Waals surface area contributed by atoms with Gasteiger partial charge >= 0.3 is 27.3 Å². The lowest BCUT2D eigenvalue weighted by Gasteiger charge is -2.14. The number of nitrogens with zero attached hydrogens (tertiary/aromatic N) is 3. The third kappa shape index (κ3) is 5.47. The Bertz CT molecular complexity index is 1250. The lowest BCUT2D eigenvalue weighted by atomic mass is 10.1. The zero-order valence-electron chi connectivity index (χ0n) is 17.7. The summed E-state index contributed by atoms with van der Waals surface area (Å²) < 4.78 is 71.1. The third-order valence-corrected chi connectivity index (χ3v) is 5.51. The summed E-state index contributed by atoms with van der Waals surface area (Å²) in [4.78, 5) is 40.0. The van der Waals surface area contributed by atoms with E-state index in [0.29, 0.717) is 19.3 Å². The standard InChI is InChI=1S/C18H22F3N3O7S/c1-10-9-13(31-32(28,29)18(19,20)21)22-15-14(10)16(26)24(17(27)23(15)4)8-6-5-7-11(2)30-12(3)25/h9,11H,5-8H2,1-4H3/t11-/m1/s1. The number of aryl methyl sites for hydroxylation is 2. The van der Waals surface area contributed by atoms with Crippen molar-refractivity contribution in [1.82, 2.24) is 14.1 Å². The van der Waals surface area contributed by atoms with E-state index in [4.69, 9.17) is 4.74 Å². The summed E-state index contributed by atoms with van der Waals surface area (Å²) in [6.07, 6.45) is 1.18. The van der Waals surface area contributed by atoms with Crippen LogP contribution in [0.4, 0.5) is 13.2 Å². The number of esters is 1. The number of unbranched alkanes of at least 4 members (excludes halogenated alkanes) is 1. The van der Waals surface area contributed by atoms with E-state index in [1.807, 2.05) is 0 Å². The Morgan fingerprint density at radius 1 is 1.25 bits per heavy atom. The average Bonchev–Trinajstić information content (AvgIpc) is 2.63. The van der Waals surface area contributed by atoms with Crippen LogP contribution in [0.15, 0.2) is 15.7 Å². The zero-order chi connectivity index (χ0) is 24.4. The molecule has 0 spiro atoms. The second-order valence-electron chi connectivity index (χ2n) is 7.17. The number of fused-ring (bicyclic) bond motifs is 1. The van der Waals surface area contributed by atoms with E-state index < -0.39 is 38.7 Å². The first-order valence-electron chi connectivity index (χ1n) is 9.45. The number of ether oxygens (including phenoxy) is 1. The summed E-state index contributed by atoms with van der Waals surface area (Å²) in [6.45, 7) is 4.42. The van der Waals surface area contributed by atoms with Crippen molar-refractivity contribution in [2.24, 2.45) is 7.05 Å². The van der Waals surface area contributed by atoms with E-state index >= 15 is 0 Å². The molecule has 1 atom stereocenters. The fraction of sp³-hybridized carbons (Fsp3) is 0.556. The first-order chi connectivity index (χ1) is 14.7. The summed E-state index contributed by atoms with van der Waals surface area (Å²) in [7, 11) is -4.72. The first-order valence-corrected chi connectivity index (χ1v) is 10.9. The predicted molar refractivity (Wildman–Crippen MR) is 107 cm³/mol. The number of hydrogen-bond donors (Lipinski definition) is 0. The maximum Gasteiger partial charge on any atom is 0.534 e. The Morgan fingerprint density at radius 2 is 1.88 bits per heavy atom. The van der Waals surface area contributed by atoms with E-state index in [0.717, 1.165) is 15.2 Å². The molecule has 0 fully saturated rings. The van der Waals surface area contributed by atoms with E-state index in [1.165, 1.54) is 20.9 Å². The van der Waals surface area contributed by atoms with Crippen LogP contribution in [0.2, 0.25) is 0 Å². The molecular weight excluding hydrogens is 459 g/mol. The maximum absolute atomic E-state index is 12.9. The molecule has 0 aliphatic carbocycles. The highest BCUT2D eigenvalue weighted by atomic mass is 32.2. The van der Waals surface area contributed by atoms with Gasteiger partial charge in [-0.1, -0.05) is 0 Å². The van der Waals surface area contributed by atoms with Crippen molar-refractivity contribution in [3.8, 4) is 5.88 Å². The van der Waals surface area contributed by atoms with Gasteiger partial charge in [-0.3, -0.25) is 18.7 Å². The number of pyridine rings is 1. The summed E-state index contributed by atoms with van der Waals surface area (Å²) in [5.74, 6) is -1.33. The minimum absolute atomic E-state index is 0.0500. The normalized spacial score (nSPS) is 13.2. The van der Waals surface area contributed by atoms with Crippen LogP contribution in [-0.2, 0) is 33.2 Å². The van der Waals surface area contributed by atoms with Gasteiger partial charge in [0, 0.05) is 26.6 Å². The summed E-state index contributed by atoms with van der Waals surface area (Å²) in [5.41, 5.74) is -7.39. The largest absolute Gasteiger partial charge is 0.534 e. The second-order valence-corrected chi connectivity index (χ2v) is 8.71. The Balaban J connectivity index is 2.37. The minimum atomic E-state index is -5.97. The molecule has 10 nitrogen and oxygen atoms in total. The van der Waals surface area contributed by atoms with Gasteiger partial charge in [-0.15, -0.1) is 0 Å². The lowest BCUT2D eigenvalue weighted by Crippen LogP contribution is -2.39. The van der Waals surface area contributed by atoms with Gasteiger partial charge in [-0.25, -0.2) is 4.79 Å². The smallest absolute Gasteiger partial charge is 0.463 e. The van der Waals surface area contributed by atoms with Crippen molar-refractivity contribution in [2.45, 2.75) is 58.2 Å². The van der Waals surface area contributed by atoms with Gasteiger partial charge in [-0.2, -0.15) is 26.6 Å². The molecule has 0 saturated heterocycles. The lowest BCUT2D eigenvalue weighted by molar-refractivity contribution is -0.145. The van der Waals surface area contributed by atoms with Crippen LogP contribution in [0.25, 0.3) is 11.0 Å². The van der Waals surface area contributed by atoms with Crippen molar-refractivity contribution in [3.63, 3.8) is 0 Å². The predicted octanol–water partition coefficient (Wildman–Crippen LogP) is 1.75. The number of rotatable bonds is 8. The van der Waals surface area contributed by atoms with Crippen LogP contribution in [0, 0.1) is 6.92 Å². The highest BCUT2D eigenvalue weighted by Crippen LogP contribution is 2.27. The molecule has 2 aromatic heterocycles. The van der Waals surface area contributed by atoms with E-state index in [2.05, 4.69) is 9.17 Å². The molecule has 32 heavy (non-hydrogen) atoms. The number of alkyl halides is 3. The molecule has 0 aliphatic heterocycles. The number of carbonyl (C=O) groups excluding carboxylic acids is 1. The minimum Gasteiger partial charge on any atom is -0.463 e. The van der Waals surface area contributed by atoms with E-state index in [-0.39, 0.29) is 29.2 Å². The van der Waals surface area contributed by atoms with E-state index in [9.17, 15) is 36.0 Å². The quantitative estimate of drug-likeness (QED) is 0.242. The number of carbonyl (C=O) groups is 1. The number of halogens is 3. The number of aromatic nitrogens is 3. The van der Waals surface area contributed by atoms with Crippen LogP contribution in [0.5, 0.6) is 5.88 Å². The molecule has 0 radical (unpaired) electrons. The van der Waals surface area contributed by atoms with Crippen molar-refractivity contribution >= 4 is 27.1 Å². The fourth-order valence-electron chi connectivity index (χ4n) is 3.07. The van der Waals surface area contributed by atoms with Gasteiger partial charge in [0.05, 0.1) is 11.5 Å². The molecule has 0 N–H and O–H groups in total. The molecular formula is C18H22F3N3O7S. The average molecular weight is 481 g/mol. The van der Waals surface area contributed by atoms with Gasteiger partial charge in [0.25, 0.3) is 5.56 Å². The summed E-state index contributed by atoms with van der Waals surface area (Å²) in [5, 5.41) is -0.0582. The van der Waals surface area contributed by atoms with Crippen molar-refractivity contribution in [1.29, 1.82) is 0 Å². The van der Waals surface area contributed by atoms with Crippen LogP contribution in [0.3, 0.4) is 0 Å². The van der Waals surface area contributed by atoms with Gasteiger partial charge in [0.2, 0.25) is 5.88 Å². The Hall–Kier alpha value is -2.90. The summed E-state index contributed by atoms with van der Waals surface area (Å²) in [6, 6.07) is 0.878. The Morgan fingerprint density at radius 3 is 2.44 bits per heavy atom. The van der Waals surface area contributed by atoms with Crippen LogP contribution < -0.4 is 15.4 Å². The molecule has 2 rings (SSSR count). The molecule has 2 heterocycles. The Labute approximate surface area is 180 Å². The molecule has 2 aromatic rings. The molecule has 0 aromatic carbocycles.